The Morgan fingerprint density at radius 2 is 2.23 bits per heavy atom. The van der Waals surface area contributed by atoms with E-state index in [1.165, 1.54) is 5.56 Å². The molecule has 0 aliphatic heterocycles. The SMILES string of the molecule is CN[C@@H](C)Cc1cccc(OC)c1. The minimum Gasteiger partial charge on any atom is -0.497 e. The van der Waals surface area contributed by atoms with Crippen LogP contribution in [0.2, 0.25) is 0 Å². The lowest BCUT2D eigenvalue weighted by Crippen LogP contribution is -2.23. The van der Waals surface area contributed by atoms with Gasteiger partial charge in [0.2, 0.25) is 0 Å². The first-order chi connectivity index (χ1) is 6.26. The molecule has 1 N–H and O–H groups in total. The van der Waals surface area contributed by atoms with Crippen LogP contribution in [0.4, 0.5) is 0 Å². The standard InChI is InChI=1S/C11H17NO/c1-9(12-2)7-10-5-4-6-11(8-10)13-3/h4-6,8-9,12H,7H2,1-3H3/t9-/m0/s1. The fourth-order valence-corrected chi connectivity index (χ4v) is 1.26. The first-order valence-electron chi connectivity index (χ1n) is 4.56. The van der Waals surface area contributed by atoms with E-state index in [-0.39, 0.29) is 0 Å². The third kappa shape index (κ3) is 3.07. The fourth-order valence-electron chi connectivity index (χ4n) is 1.26. The second-order valence-electron chi connectivity index (χ2n) is 3.25. The average Bonchev–Trinajstić information content (AvgIpc) is 2.18. The van der Waals surface area contributed by atoms with Gasteiger partial charge >= 0.3 is 0 Å². The van der Waals surface area contributed by atoms with Gasteiger partial charge in [0.1, 0.15) is 5.75 Å². The van der Waals surface area contributed by atoms with Gasteiger partial charge in [0.15, 0.2) is 0 Å². The number of methoxy groups -OCH3 is 1. The molecule has 0 spiro atoms. The second-order valence-corrected chi connectivity index (χ2v) is 3.25. The minimum atomic E-state index is 0.507. The lowest BCUT2D eigenvalue weighted by atomic mass is 10.1. The molecule has 1 atom stereocenters. The molecule has 0 fully saturated rings. The number of rotatable bonds is 4. The first kappa shape index (κ1) is 10.1. The Bertz CT molecular complexity index is 260. The van der Waals surface area contributed by atoms with Gasteiger partial charge in [-0.1, -0.05) is 12.1 Å². The summed E-state index contributed by atoms with van der Waals surface area (Å²) in [5.74, 6) is 0.931. The molecular formula is C11H17NO. The average molecular weight is 179 g/mol. The molecule has 2 nitrogen and oxygen atoms in total. The highest BCUT2D eigenvalue weighted by molar-refractivity contribution is 5.28. The van der Waals surface area contributed by atoms with Crippen LogP contribution in [-0.4, -0.2) is 20.2 Å². The summed E-state index contributed by atoms with van der Waals surface area (Å²) in [6.45, 7) is 2.17. The van der Waals surface area contributed by atoms with E-state index < -0.39 is 0 Å². The van der Waals surface area contributed by atoms with Gasteiger partial charge in [0.05, 0.1) is 7.11 Å². The Hall–Kier alpha value is -1.02. The molecule has 0 radical (unpaired) electrons. The third-order valence-electron chi connectivity index (χ3n) is 2.17. The molecule has 72 valence electrons. The lowest BCUT2D eigenvalue weighted by Gasteiger charge is -2.10. The number of ether oxygens (including phenoxy) is 1. The van der Waals surface area contributed by atoms with Crippen molar-refractivity contribution in [1.29, 1.82) is 0 Å². The zero-order valence-electron chi connectivity index (χ0n) is 8.50. The van der Waals surface area contributed by atoms with Crippen molar-refractivity contribution in [2.45, 2.75) is 19.4 Å². The monoisotopic (exact) mass is 179 g/mol. The maximum absolute atomic E-state index is 5.15. The summed E-state index contributed by atoms with van der Waals surface area (Å²) in [5, 5.41) is 3.21. The zero-order valence-corrected chi connectivity index (χ0v) is 8.50. The van der Waals surface area contributed by atoms with Gasteiger partial charge in [0.25, 0.3) is 0 Å². The molecule has 0 aromatic heterocycles. The number of hydrogen-bond acceptors (Lipinski definition) is 2. The number of benzene rings is 1. The van der Waals surface area contributed by atoms with Crippen molar-refractivity contribution < 1.29 is 4.74 Å². The maximum Gasteiger partial charge on any atom is 0.119 e. The Morgan fingerprint density at radius 1 is 1.46 bits per heavy atom. The second kappa shape index (κ2) is 4.87. The highest BCUT2D eigenvalue weighted by Crippen LogP contribution is 2.13. The Balaban J connectivity index is 2.66. The molecule has 1 aromatic carbocycles. The van der Waals surface area contributed by atoms with Crippen LogP contribution >= 0.6 is 0 Å². The number of nitrogens with one attached hydrogen (secondary N) is 1. The van der Waals surface area contributed by atoms with Crippen LogP contribution in [0.15, 0.2) is 24.3 Å². The van der Waals surface area contributed by atoms with Crippen molar-refractivity contribution in [1.82, 2.24) is 5.32 Å². The lowest BCUT2D eigenvalue weighted by molar-refractivity contribution is 0.414. The predicted octanol–water partition coefficient (Wildman–Crippen LogP) is 1.85. The normalized spacial score (nSPS) is 12.5. The summed E-state index contributed by atoms with van der Waals surface area (Å²) in [4.78, 5) is 0. The van der Waals surface area contributed by atoms with Gasteiger partial charge in [-0.15, -0.1) is 0 Å². The van der Waals surface area contributed by atoms with Crippen LogP contribution < -0.4 is 10.1 Å². The van der Waals surface area contributed by atoms with E-state index in [9.17, 15) is 0 Å². The quantitative estimate of drug-likeness (QED) is 0.761. The molecule has 0 aliphatic carbocycles. The van der Waals surface area contributed by atoms with Crippen molar-refractivity contribution >= 4 is 0 Å². The summed E-state index contributed by atoms with van der Waals surface area (Å²) in [5.41, 5.74) is 1.31. The summed E-state index contributed by atoms with van der Waals surface area (Å²) in [6, 6.07) is 8.70. The molecule has 1 aromatic rings. The van der Waals surface area contributed by atoms with E-state index >= 15 is 0 Å². The van der Waals surface area contributed by atoms with Crippen LogP contribution in [0.1, 0.15) is 12.5 Å². The van der Waals surface area contributed by atoms with Gasteiger partial charge in [-0.3, -0.25) is 0 Å². The highest BCUT2D eigenvalue weighted by atomic mass is 16.5. The van der Waals surface area contributed by atoms with E-state index in [1.54, 1.807) is 7.11 Å². The van der Waals surface area contributed by atoms with Gasteiger partial charge in [0, 0.05) is 6.04 Å². The van der Waals surface area contributed by atoms with Gasteiger partial charge in [-0.2, -0.15) is 0 Å². The molecule has 2 heteroatoms. The van der Waals surface area contributed by atoms with E-state index in [0.29, 0.717) is 6.04 Å². The van der Waals surface area contributed by atoms with Crippen molar-refractivity contribution in [3.63, 3.8) is 0 Å². The molecule has 0 bridgehead atoms. The zero-order chi connectivity index (χ0) is 9.68. The number of likely N-dealkylation sites (N-methyl/N-ethyl adjacent to an activating group) is 1. The van der Waals surface area contributed by atoms with Crippen LogP contribution in [0.3, 0.4) is 0 Å². The molecule has 1 rings (SSSR count). The minimum absolute atomic E-state index is 0.507. The smallest absolute Gasteiger partial charge is 0.119 e. The molecule has 0 unspecified atom stereocenters. The molecule has 0 heterocycles. The van der Waals surface area contributed by atoms with Crippen LogP contribution in [-0.2, 0) is 6.42 Å². The molecule has 0 amide bonds. The van der Waals surface area contributed by atoms with E-state index in [0.717, 1.165) is 12.2 Å². The third-order valence-corrected chi connectivity index (χ3v) is 2.17. The Morgan fingerprint density at radius 3 is 2.85 bits per heavy atom. The molecule has 0 aliphatic rings. The van der Waals surface area contributed by atoms with Crippen molar-refractivity contribution in [3.05, 3.63) is 29.8 Å². The van der Waals surface area contributed by atoms with Crippen LogP contribution in [0.5, 0.6) is 5.75 Å². The Labute approximate surface area is 79.9 Å². The van der Waals surface area contributed by atoms with E-state index in [1.807, 2.05) is 19.2 Å². The Kier molecular flexibility index (Phi) is 3.77. The summed E-state index contributed by atoms with van der Waals surface area (Å²) >= 11 is 0. The predicted molar refractivity (Wildman–Crippen MR) is 55.2 cm³/mol. The molecular weight excluding hydrogens is 162 g/mol. The molecule has 0 saturated carbocycles. The van der Waals surface area contributed by atoms with Gasteiger partial charge in [-0.25, -0.2) is 0 Å². The first-order valence-corrected chi connectivity index (χ1v) is 4.56. The highest BCUT2D eigenvalue weighted by Gasteiger charge is 2.00. The van der Waals surface area contributed by atoms with Crippen LogP contribution in [0.25, 0.3) is 0 Å². The van der Waals surface area contributed by atoms with Crippen molar-refractivity contribution in [2.75, 3.05) is 14.2 Å². The fraction of sp³-hybridized carbons (Fsp3) is 0.455. The molecule has 13 heavy (non-hydrogen) atoms. The summed E-state index contributed by atoms with van der Waals surface area (Å²) in [6.07, 6.45) is 1.04. The van der Waals surface area contributed by atoms with Crippen molar-refractivity contribution in [3.8, 4) is 5.75 Å². The topological polar surface area (TPSA) is 21.3 Å². The summed E-state index contributed by atoms with van der Waals surface area (Å²) < 4.78 is 5.15. The summed E-state index contributed by atoms with van der Waals surface area (Å²) in [7, 11) is 3.67. The maximum atomic E-state index is 5.15. The van der Waals surface area contributed by atoms with Gasteiger partial charge < -0.3 is 10.1 Å². The van der Waals surface area contributed by atoms with E-state index in [4.69, 9.17) is 4.74 Å². The molecule has 0 saturated heterocycles. The van der Waals surface area contributed by atoms with Crippen molar-refractivity contribution in [2.24, 2.45) is 0 Å². The van der Waals surface area contributed by atoms with Gasteiger partial charge in [-0.05, 0) is 38.1 Å². The van der Waals surface area contributed by atoms with E-state index in [2.05, 4.69) is 24.4 Å². The number of hydrogen-bond donors (Lipinski definition) is 1. The largest absolute Gasteiger partial charge is 0.497 e. The van der Waals surface area contributed by atoms with Crippen LogP contribution in [0, 0.1) is 0 Å².